The van der Waals surface area contributed by atoms with Crippen molar-refractivity contribution in [1.29, 1.82) is 0 Å². The summed E-state index contributed by atoms with van der Waals surface area (Å²) in [5.74, 6) is 1.30. The van der Waals surface area contributed by atoms with Gasteiger partial charge in [0.05, 0.1) is 11.3 Å². The number of thioether (sulfide) groups is 1. The smallest absolute Gasteiger partial charge is 0.227 e. The maximum Gasteiger partial charge on any atom is 0.227 e. The Balaban J connectivity index is 1.95. The molecule has 5 nitrogen and oxygen atoms in total. The van der Waals surface area contributed by atoms with Crippen molar-refractivity contribution in [3.63, 3.8) is 0 Å². The number of aryl methyl sites for hydroxylation is 1. The zero-order chi connectivity index (χ0) is 14.7. The lowest BCUT2D eigenvalue weighted by atomic mass is 10.2. The molecule has 0 aliphatic carbocycles. The zero-order valence-corrected chi connectivity index (χ0v) is 12.5. The van der Waals surface area contributed by atoms with E-state index in [0.29, 0.717) is 5.95 Å². The summed E-state index contributed by atoms with van der Waals surface area (Å²) in [4.78, 5) is 8.79. The van der Waals surface area contributed by atoms with Gasteiger partial charge < -0.3 is 9.84 Å². The van der Waals surface area contributed by atoms with Crippen molar-refractivity contribution in [1.82, 2.24) is 15.1 Å². The van der Waals surface area contributed by atoms with Crippen LogP contribution in [0.2, 0.25) is 0 Å². The molecule has 3 aromatic rings. The van der Waals surface area contributed by atoms with Crippen LogP contribution in [-0.4, -0.2) is 21.4 Å². The monoisotopic (exact) mass is 298 g/mol. The van der Waals surface area contributed by atoms with E-state index in [-0.39, 0.29) is 0 Å². The van der Waals surface area contributed by atoms with Crippen LogP contribution in [0.5, 0.6) is 0 Å². The molecule has 2 heterocycles. The summed E-state index contributed by atoms with van der Waals surface area (Å²) >= 11 is 1.54. The van der Waals surface area contributed by atoms with Crippen LogP contribution in [0.1, 0.15) is 5.76 Å². The molecule has 0 saturated carbocycles. The maximum atomic E-state index is 5.25. The lowest BCUT2D eigenvalue weighted by Crippen LogP contribution is -1.98. The fourth-order valence-electron chi connectivity index (χ4n) is 1.99. The third-order valence-corrected chi connectivity index (χ3v) is 3.63. The van der Waals surface area contributed by atoms with E-state index in [2.05, 4.69) is 20.4 Å². The molecule has 0 bridgehead atoms. The summed E-state index contributed by atoms with van der Waals surface area (Å²) in [6, 6.07) is 11.7. The summed E-state index contributed by atoms with van der Waals surface area (Å²) in [5.41, 5.74) is 2.66. The van der Waals surface area contributed by atoms with Crippen molar-refractivity contribution < 1.29 is 4.52 Å². The first-order chi connectivity index (χ1) is 10.3. The number of aromatic nitrogens is 3. The molecule has 21 heavy (non-hydrogen) atoms. The minimum atomic E-state index is 0.548. The fourth-order valence-corrected chi connectivity index (χ4v) is 2.55. The molecule has 6 heteroatoms. The quantitative estimate of drug-likeness (QED) is 0.737. The molecular formula is C15H14N4OS. The Hall–Kier alpha value is -2.34. The highest BCUT2D eigenvalue weighted by atomic mass is 32.2. The van der Waals surface area contributed by atoms with E-state index in [1.54, 1.807) is 6.20 Å². The van der Waals surface area contributed by atoms with E-state index >= 15 is 0 Å². The molecule has 0 radical (unpaired) electrons. The Morgan fingerprint density at radius 2 is 1.95 bits per heavy atom. The number of hydrogen-bond acceptors (Lipinski definition) is 6. The van der Waals surface area contributed by atoms with Gasteiger partial charge in [0.2, 0.25) is 5.95 Å². The lowest BCUT2D eigenvalue weighted by Gasteiger charge is -2.06. The summed E-state index contributed by atoms with van der Waals surface area (Å²) in [7, 11) is 0. The van der Waals surface area contributed by atoms with Crippen LogP contribution in [0.3, 0.4) is 0 Å². The van der Waals surface area contributed by atoms with E-state index in [1.807, 2.05) is 49.6 Å². The molecule has 0 aliphatic heterocycles. The number of nitrogens with one attached hydrogen (secondary N) is 1. The van der Waals surface area contributed by atoms with Gasteiger partial charge in [-0.2, -0.15) is 0 Å². The first-order valence-corrected chi connectivity index (χ1v) is 7.66. The second-order valence-corrected chi connectivity index (χ2v) is 5.17. The highest BCUT2D eigenvalue weighted by Gasteiger charge is 2.16. The van der Waals surface area contributed by atoms with Crippen LogP contribution in [0.15, 0.2) is 52.1 Å². The summed E-state index contributed by atoms with van der Waals surface area (Å²) < 4.78 is 5.25. The summed E-state index contributed by atoms with van der Waals surface area (Å²) in [6.07, 6.45) is 3.69. The van der Waals surface area contributed by atoms with E-state index < -0.39 is 0 Å². The van der Waals surface area contributed by atoms with Crippen LogP contribution in [-0.2, 0) is 0 Å². The van der Waals surface area contributed by atoms with Gasteiger partial charge in [0.15, 0.2) is 0 Å². The van der Waals surface area contributed by atoms with Gasteiger partial charge in [-0.15, -0.1) is 11.8 Å². The largest absolute Gasteiger partial charge is 0.360 e. The highest BCUT2D eigenvalue weighted by molar-refractivity contribution is 7.98. The number of rotatable bonds is 4. The number of anilines is 2. The van der Waals surface area contributed by atoms with Crippen LogP contribution in [0, 0.1) is 6.92 Å². The van der Waals surface area contributed by atoms with Crippen molar-refractivity contribution in [2.45, 2.75) is 11.9 Å². The Morgan fingerprint density at radius 3 is 2.71 bits per heavy atom. The first-order valence-electron chi connectivity index (χ1n) is 6.43. The molecule has 0 aliphatic rings. The standard InChI is InChI=1S/C15H14N4OS/c1-10-13(14(21-2)19-20-10)12-8-9-16-15(18-12)17-11-6-4-3-5-7-11/h3-9H,1-2H3,(H,16,17,18). The van der Waals surface area contributed by atoms with Crippen molar-refractivity contribution in [2.24, 2.45) is 0 Å². The molecule has 2 aromatic heterocycles. The van der Waals surface area contributed by atoms with E-state index in [9.17, 15) is 0 Å². The third kappa shape index (κ3) is 2.90. The maximum absolute atomic E-state index is 5.25. The predicted octanol–water partition coefficient (Wildman–Crippen LogP) is 3.91. The van der Waals surface area contributed by atoms with Gasteiger partial charge in [0, 0.05) is 11.9 Å². The zero-order valence-electron chi connectivity index (χ0n) is 11.7. The van der Waals surface area contributed by atoms with Gasteiger partial charge in [-0.1, -0.05) is 23.4 Å². The van der Waals surface area contributed by atoms with Gasteiger partial charge in [-0.05, 0) is 31.4 Å². The molecular weight excluding hydrogens is 284 g/mol. The van der Waals surface area contributed by atoms with Gasteiger partial charge in [-0.25, -0.2) is 9.97 Å². The Labute approximate surface area is 126 Å². The Kier molecular flexibility index (Phi) is 3.87. The van der Waals surface area contributed by atoms with Crippen LogP contribution in [0.25, 0.3) is 11.3 Å². The number of benzene rings is 1. The first kappa shape index (κ1) is 13.6. The molecule has 0 saturated heterocycles. The second kappa shape index (κ2) is 5.97. The van der Waals surface area contributed by atoms with Gasteiger partial charge in [0.25, 0.3) is 0 Å². The minimum Gasteiger partial charge on any atom is -0.360 e. The van der Waals surface area contributed by atoms with E-state index in [1.165, 1.54) is 11.8 Å². The number of para-hydroxylation sites is 1. The summed E-state index contributed by atoms with van der Waals surface area (Å²) in [5, 5.41) is 8.04. The van der Waals surface area contributed by atoms with Crippen molar-refractivity contribution in [3.8, 4) is 11.3 Å². The fraction of sp³-hybridized carbons (Fsp3) is 0.133. The molecule has 0 atom stereocenters. The van der Waals surface area contributed by atoms with Crippen molar-refractivity contribution in [2.75, 3.05) is 11.6 Å². The molecule has 3 rings (SSSR count). The van der Waals surface area contributed by atoms with Crippen molar-refractivity contribution >= 4 is 23.4 Å². The van der Waals surface area contributed by atoms with Crippen molar-refractivity contribution in [3.05, 3.63) is 48.4 Å². The topological polar surface area (TPSA) is 63.8 Å². The normalized spacial score (nSPS) is 10.6. The average molecular weight is 298 g/mol. The van der Waals surface area contributed by atoms with E-state index in [4.69, 9.17) is 4.52 Å². The average Bonchev–Trinajstić information content (AvgIpc) is 2.89. The molecule has 1 aromatic carbocycles. The van der Waals surface area contributed by atoms with Gasteiger partial charge >= 0.3 is 0 Å². The predicted molar refractivity (Wildman–Crippen MR) is 83.8 cm³/mol. The highest BCUT2D eigenvalue weighted by Crippen LogP contribution is 2.31. The molecule has 0 amide bonds. The molecule has 0 spiro atoms. The summed E-state index contributed by atoms with van der Waals surface area (Å²) in [6.45, 7) is 1.88. The SMILES string of the molecule is CSc1noc(C)c1-c1ccnc(Nc2ccccc2)n1. The second-order valence-electron chi connectivity index (χ2n) is 4.38. The Morgan fingerprint density at radius 1 is 1.14 bits per heavy atom. The number of hydrogen-bond donors (Lipinski definition) is 1. The van der Waals surface area contributed by atoms with Gasteiger partial charge in [0.1, 0.15) is 10.8 Å². The number of nitrogens with zero attached hydrogens (tertiary/aromatic N) is 3. The van der Waals surface area contributed by atoms with Crippen LogP contribution < -0.4 is 5.32 Å². The molecule has 1 N–H and O–H groups in total. The lowest BCUT2D eigenvalue weighted by molar-refractivity contribution is 0.384. The Bertz CT molecular complexity index is 742. The minimum absolute atomic E-state index is 0.548. The van der Waals surface area contributed by atoms with E-state index in [0.717, 1.165) is 27.7 Å². The third-order valence-electron chi connectivity index (χ3n) is 2.97. The molecule has 0 unspecified atom stereocenters. The van der Waals surface area contributed by atoms with Crippen LogP contribution in [0.4, 0.5) is 11.6 Å². The molecule has 0 fully saturated rings. The molecule has 106 valence electrons. The van der Waals surface area contributed by atoms with Gasteiger partial charge in [-0.3, -0.25) is 0 Å². The van der Waals surface area contributed by atoms with Crippen LogP contribution >= 0.6 is 11.8 Å².